The van der Waals surface area contributed by atoms with Crippen molar-refractivity contribution in [3.63, 3.8) is 0 Å². The van der Waals surface area contributed by atoms with Gasteiger partial charge in [0.2, 0.25) is 0 Å². The number of benzene rings is 2. The molecule has 0 saturated carbocycles. The van der Waals surface area contributed by atoms with Crippen molar-refractivity contribution in [3.8, 4) is 5.75 Å². The third-order valence-electron chi connectivity index (χ3n) is 2.92. The molecule has 2 aromatic rings. The number of carbonyl (C=O) groups is 1. The van der Waals surface area contributed by atoms with Crippen LogP contribution in [0.4, 0.5) is 13.2 Å². The van der Waals surface area contributed by atoms with E-state index in [0.29, 0.717) is 11.6 Å². The maximum atomic E-state index is 12.6. The van der Waals surface area contributed by atoms with Crippen LogP contribution >= 0.6 is 0 Å². The molecule has 0 bridgehead atoms. The summed E-state index contributed by atoms with van der Waals surface area (Å²) in [6, 6.07) is 8.48. The maximum Gasteiger partial charge on any atom is 0.416 e. The quantitative estimate of drug-likeness (QED) is 0.627. The molecule has 0 amide bonds. The van der Waals surface area contributed by atoms with Gasteiger partial charge in [0.05, 0.1) is 5.56 Å². The highest BCUT2D eigenvalue weighted by atomic mass is 32.2. The zero-order valence-corrected chi connectivity index (χ0v) is 12.6. The molecule has 0 aliphatic heterocycles. The molecule has 4 nitrogen and oxygen atoms in total. The number of carbonyl (C=O) groups excluding carboxylic acids is 1. The van der Waals surface area contributed by atoms with Gasteiger partial charge in [-0.3, -0.25) is 4.79 Å². The Morgan fingerprint density at radius 3 is 2.17 bits per heavy atom. The van der Waals surface area contributed by atoms with Crippen molar-refractivity contribution in [1.29, 1.82) is 0 Å². The topological polar surface area (TPSA) is 60.4 Å². The second-order valence-corrected chi connectivity index (χ2v) is 6.19. The first-order valence-corrected chi connectivity index (χ1v) is 7.73. The highest BCUT2D eigenvalue weighted by Crippen LogP contribution is 2.31. The summed E-state index contributed by atoms with van der Waals surface area (Å²) in [4.78, 5) is 10.5. The Hall–Kier alpha value is -2.35. The normalized spacial score (nSPS) is 12.0. The lowest BCUT2D eigenvalue weighted by Gasteiger charge is -2.10. The van der Waals surface area contributed by atoms with Gasteiger partial charge in [0.15, 0.2) is 5.78 Å². The first-order valence-electron chi connectivity index (χ1n) is 6.32. The van der Waals surface area contributed by atoms with Gasteiger partial charge in [0, 0.05) is 5.56 Å². The highest BCUT2D eigenvalue weighted by Gasteiger charge is 2.32. The van der Waals surface area contributed by atoms with Crippen LogP contribution in [0.15, 0.2) is 53.4 Å². The molecule has 0 atom stereocenters. The van der Waals surface area contributed by atoms with Gasteiger partial charge >= 0.3 is 16.3 Å². The van der Waals surface area contributed by atoms with E-state index in [4.69, 9.17) is 4.18 Å². The zero-order valence-electron chi connectivity index (χ0n) is 11.8. The van der Waals surface area contributed by atoms with Crippen molar-refractivity contribution in [2.75, 3.05) is 0 Å². The summed E-state index contributed by atoms with van der Waals surface area (Å²) in [5.74, 6) is -0.315. The number of ketones is 1. The van der Waals surface area contributed by atoms with E-state index >= 15 is 0 Å². The van der Waals surface area contributed by atoms with Crippen molar-refractivity contribution in [2.45, 2.75) is 18.0 Å². The van der Waals surface area contributed by atoms with Crippen LogP contribution in [0, 0.1) is 0 Å². The number of hydrogen-bond acceptors (Lipinski definition) is 4. The minimum Gasteiger partial charge on any atom is -0.379 e. The zero-order chi connectivity index (χ0) is 17.3. The summed E-state index contributed by atoms with van der Waals surface area (Å²) in [7, 11) is -4.41. The molecule has 122 valence electrons. The lowest BCUT2D eigenvalue weighted by Crippen LogP contribution is -2.12. The van der Waals surface area contributed by atoms with Crippen LogP contribution in [0.25, 0.3) is 0 Å². The Morgan fingerprint density at radius 2 is 1.65 bits per heavy atom. The summed E-state index contributed by atoms with van der Waals surface area (Å²) in [5, 5.41) is 0. The second-order valence-electron chi connectivity index (χ2n) is 4.64. The summed E-state index contributed by atoms with van der Waals surface area (Å²) in [6.07, 6.45) is -4.66. The molecule has 0 aromatic heterocycles. The Morgan fingerprint density at radius 1 is 1.04 bits per heavy atom. The van der Waals surface area contributed by atoms with Gasteiger partial charge in [0.1, 0.15) is 10.6 Å². The first-order chi connectivity index (χ1) is 10.6. The summed E-state index contributed by atoms with van der Waals surface area (Å²) >= 11 is 0. The van der Waals surface area contributed by atoms with Crippen LogP contribution < -0.4 is 4.18 Å². The average molecular weight is 344 g/mol. The van der Waals surface area contributed by atoms with E-state index in [1.807, 2.05) is 0 Å². The van der Waals surface area contributed by atoms with Crippen LogP contribution in [0.5, 0.6) is 5.75 Å². The van der Waals surface area contributed by atoms with Gasteiger partial charge < -0.3 is 4.18 Å². The Labute approximate surface area is 130 Å². The lowest BCUT2D eigenvalue weighted by atomic mass is 10.1. The number of hydrogen-bond donors (Lipinski definition) is 0. The highest BCUT2D eigenvalue weighted by molar-refractivity contribution is 7.87. The van der Waals surface area contributed by atoms with E-state index in [1.165, 1.54) is 31.2 Å². The molecule has 23 heavy (non-hydrogen) atoms. The van der Waals surface area contributed by atoms with Gasteiger partial charge in [-0.1, -0.05) is 6.07 Å². The molecule has 0 aliphatic carbocycles. The molecule has 0 heterocycles. The van der Waals surface area contributed by atoms with Crippen molar-refractivity contribution in [3.05, 3.63) is 59.7 Å². The third kappa shape index (κ3) is 4.10. The van der Waals surface area contributed by atoms with Gasteiger partial charge in [-0.05, 0) is 49.4 Å². The SMILES string of the molecule is CC(=O)c1ccc(OS(=O)(=O)c2cccc(C(F)(F)F)c2)cc1. The molecule has 8 heteroatoms. The standard InChI is InChI=1S/C15H11F3O4S/c1-10(19)11-5-7-13(8-6-11)22-23(20,21)14-4-2-3-12(9-14)15(16,17)18/h2-9H,1H3. The number of halogens is 3. The van der Waals surface area contributed by atoms with E-state index in [2.05, 4.69) is 0 Å². The molecule has 0 fully saturated rings. The molecule has 0 unspecified atom stereocenters. The summed E-state index contributed by atoms with van der Waals surface area (Å²) < 4.78 is 66.8. The average Bonchev–Trinajstić information content (AvgIpc) is 2.46. The molecule has 0 spiro atoms. The summed E-state index contributed by atoms with van der Waals surface area (Å²) in [6.45, 7) is 1.34. The van der Waals surface area contributed by atoms with Crippen molar-refractivity contribution in [2.24, 2.45) is 0 Å². The fourth-order valence-electron chi connectivity index (χ4n) is 1.75. The van der Waals surface area contributed by atoms with E-state index in [-0.39, 0.29) is 11.5 Å². The molecule has 2 rings (SSSR count). The Balaban J connectivity index is 2.30. The third-order valence-corrected chi connectivity index (χ3v) is 4.16. The van der Waals surface area contributed by atoms with E-state index in [1.54, 1.807) is 0 Å². The fourth-order valence-corrected chi connectivity index (χ4v) is 2.73. The predicted octanol–water partition coefficient (Wildman–Crippen LogP) is 3.68. The fraction of sp³-hybridized carbons (Fsp3) is 0.133. The molecular formula is C15H11F3O4S. The Kier molecular flexibility index (Phi) is 4.46. The van der Waals surface area contributed by atoms with E-state index in [0.717, 1.165) is 18.2 Å². The van der Waals surface area contributed by atoms with Crippen LogP contribution in [-0.4, -0.2) is 14.2 Å². The number of rotatable bonds is 4. The van der Waals surface area contributed by atoms with Crippen LogP contribution in [0.2, 0.25) is 0 Å². The van der Waals surface area contributed by atoms with Crippen LogP contribution in [-0.2, 0) is 16.3 Å². The largest absolute Gasteiger partial charge is 0.416 e. The van der Waals surface area contributed by atoms with E-state index < -0.39 is 26.8 Å². The number of alkyl halides is 3. The van der Waals surface area contributed by atoms with E-state index in [9.17, 15) is 26.4 Å². The Bertz CT molecular complexity index is 825. The monoisotopic (exact) mass is 344 g/mol. The van der Waals surface area contributed by atoms with Crippen molar-refractivity contribution in [1.82, 2.24) is 0 Å². The van der Waals surface area contributed by atoms with Gasteiger partial charge in [-0.2, -0.15) is 21.6 Å². The molecule has 0 saturated heterocycles. The van der Waals surface area contributed by atoms with Crippen molar-refractivity contribution < 1.29 is 30.6 Å². The molecule has 2 aromatic carbocycles. The second kappa shape index (κ2) is 6.04. The minimum atomic E-state index is -4.66. The lowest BCUT2D eigenvalue weighted by molar-refractivity contribution is -0.137. The van der Waals surface area contributed by atoms with Crippen molar-refractivity contribution >= 4 is 15.9 Å². The first kappa shape index (κ1) is 17.0. The molecule has 0 N–H and O–H groups in total. The number of Topliss-reactive ketones (excluding diaryl/α,β-unsaturated/α-hetero) is 1. The minimum absolute atomic E-state index is 0.104. The van der Waals surface area contributed by atoms with Gasteiger partial charge in [0.25, 0.3) is 0 Å². The molecule has 0 radical (unpaired) electrons. The van der Waals surface area contributed by atoms with Crippen LogP contribution in [0.1, 0.15) is 22.8 Å². The smallest absolute Gasteiger partial charge is 0.379 e. The maximum absolute atomic E-state index is 12.6. The molecular weight excluding hydrogens is 333 g/mol. The summed E-state index contributed by atoms with van der Waals surface area (Å²) in [5.41, 5.74) is -0.733. The van der Waals surface area contributed by atoms with Gasteiger partial charge in [-0.15, -0.1) is 0 Å². The predicted molar refractivity (Wildman–Crippen MR) is 75.7 cm³/mol. The van der Waals surface area contributed by atoms with Crippen LogP contribution in [0.3, 0.4) is 0 Å². The van der Waals surface area contributed by atoms with Gasteiger partial charge in [-0.25, -0.2) is 0 Å². The molecule has 0 aliphatic rings.